The lowest BCUT2D eigenvalue weighted by Gasteiger charge is -2.22. The topological polar surface area (TPSA) is 58.6 Å². The van der Waals surface area contributed by atoms with E-state index in [0.29, 0.717) is 13.0 Å². The van der Waals surface area contributed by atoms with Gasteiger partial charge in [0.15, 0.2) is 0 Å². The summed E-state index contributed by atoms with van der Waals surface area (Å²) in [6.45, 7) is 2.34. The van der Waals surface area contributed by atoms with Gasteiger partial charge in [-0.3, -0.25) is 0 Å². The molecule has 0 aliphatic rings. The number of benzene rings is 2. The molecule has 22 heavy (non-hydrogen) atoms. The smallest absolute Gasteiger partial charge is 0.135 e. The highest BCUT2D eigenvalue weighted by molar-refractivity contribution is 7.51. The van der Waals surface area contributed by atoms with Gasteiger partial charge in [-0.05, 0) is 36.6 Å². The summed E-state index contributed by atoms with van der Waals surface area (Å²) in [7, 11) is -3.73. The normalized spacial score (nSPS) is 13.5. The molecule has 2 aromatic carbocycles. The van der Waals surface area contributed by atoms with E-state index in [0.717, 1.165) is 16.9 Å². The molecule has 0 aliphatic heterocycles. The molecule has 0 heterocycles. The molecule has 0 fully saturated rings. The lowest BCUT2D eigenvalue weighted by atomic mass is 10.1. The van der Waals surface area contributed by atoms with Crippen LogP contribution in [0.4, 0.5) is 0 Å². The van der Waals surface area contributed by atoms with Crippen LogP contribution in [0.25, 0.3) is 0 Å². The van der Waals surface area contributed by atoms with Gasteiger partial charge in [0.2, 0.25) is 0 Å². The maximum Gasteiger partial charge on any atom is 0.135 e. The van der Waals surface area contributed by atoms with Crippen molar-refractivity contribution >= 4 is 7.60 Å². The molecule has 0 saturated carbocycles. The second-order valence-corrected chi connectivity index (χ2v) is 6.85. The Bertz CT molecular complexity index is 628. The summed E-state index contributed by atoms with van der Waals surface area (Å²) in [6, 6.07) is 17.4. The molecule has 118 valence electrons. The summed E-state index contributed by atoms with van der Waals surface area (Å²) >= 11 is 0. The first-order valence-electron chi connectivity index (χ1n) is 7.29. The van der Waals surface area contributed by atoms with Crippen LogP contribution in [0, 0.1) is 0 Å². The minimum absolute atomic E-state index is 0.00295. The van der Waals surface area contributed by atoms with Crippen molar-refractivity contribution in [1.29, 1.82) is 0 Å². The molecule has 0 saturated heterocycles. The summed E-state index contributed by atoms with van der Waals surface area (Å²) < 4.78 is 22.1. The number of hydrogen-bond donors (Lipinski definition) is 0. The van der Waals surface area contributed by atoms with E-state index in [2.05, 4.69) is 0 Å². The van der Waals surface area contributed by atoms with Crippen LogP contribution < -0.4 is 9.63 Å². The maximum absolute atomic E-state index is 11.6. The van der Waals surface area contributed by atoms with Crippen molar-refractivity contribution in [2.45, 2.75) is 20.0 Å². The van der Waals surface area contributed by atoms with Crippen LogP contribution in [0.1, 0.15) is 18.1 Å². The third-order valence-electron chi connectivity index (χ3n) is 3.15. The van der Waals surface area contributed by atoms with Crippen molar-refractivity contribution in [3.63, 3.8) is 0 Å². The second kappa shape index (κ2) is 8.14. The minimum Gasteiger partial charge on any atom is -0.778 e. The number of ether oxygens (including phenoxy) is 1. The Hall–Kier alpha value is -1.61. The van der Waals surface area contributed by atoms with Gasteiger partial charge in [-0.1, -0.05) is 42.5 Å². The molecule has 0 aliphatic carbocycles. The zero-order valence-corrected chi connectivity index (χ0v) is 13.5. The average Bonchev–Trinajstić information content (AvgIpc) is 2.53. The molecule has 0 radical (unpaired) electrons. The number of aryl methyl sites for hydroxylation is 1. The van der Waals surface area contributed by atoms with Gasteiger partial charge in [0, 0.05) is 6.16 Å². The Morgan fingerprint density at radius 3 is 2.50 bits per heavy atom. The summed E-state index contributed by atoms with van der Waals surface area (Å²) in [4.78, 5) is 11.6. The van der Waals surface area contributed by atoms with Crippen LogP contribution in [-0.4, -0.2) is 12.8 Å². The molecular formula is C17H20O4P-. The van der Waals surface area contributed by atoms with E-state index in [1.807, 2.05) is 54.6 Å². The Morgan fingerprint density at radius 1 is 1.05 bits per heavy atom. The van der Waals surface area contributed by atoms with Gasteiger partial charge in [-0.25, -0.2) is 0 Å². The van der Waals surface area contributed by atoms with Crippen LogP contribution in [0.5, 0.6) is 5.75 Å². The lowest BCUT2D eigenvalue weighted by Crippen LogP contribution is -2.10. The molecular weight excluding hydrogens is 299 g/mol. The first-order chi connectivity index (χ1) is 10.6. The van der Waals surface area contributed by atoms with Crippen molar-refractivity contribution in [3.05, 3.63) is 65.7 Å². The molecule has 1 unspecified atom stereocenters. The standard InChI is InChI=1S/C17H21O4P/c1-2-21-22(18,19)12-11-15-9-6-10-17(13-15)20-14-16-7-4-3-5-8-16/h3-10,13H,2,11-12,14H2,1H3,(H,18,19)/p-1. The predicted molar refractivity (Wildman–Crippen MR) is 85.0 cm³/mol. The van der Waals surface area contributed by atoms with Gasteiger partial charge in [0.25, 0.3) is 0 Å². The van der Waals surface area contributed by atoms with Gasteiger partial charge in [0.05, 0.1) is 6.61 Å². The van der Waals surface area contributed by atoms with Gasteiger partial charge in [-0.2, -0.15) is 0 Å². The van der Waals surface area contributed by atoms with Gasteiger partial charge in [0.1, 0.15) is 20.0 Å². The third kappa shape index (κ3) is 5.64. The van der Waals surface area contributed by atoms with Crippen molar-refractivity contribution in [2.24, 2.45) is 0 Å². The second-order valence-electron chi connectivity index (χ2n) is 4.92. The molecule has 2 rings (SSSR count). The molecule has 0 spiro atoms. The number of rotatable bonds is 8. The zero-order valence-electron chi connectivity index (χ0n) is 12.6. The van der Waals surface area contributed by atoms with E-state index in [1.54, 1.807) is 6.92 Å². The van der Waals surface area contributed by atoms with E-state index in [4.69, 9.17) is 9.26 Å². The fourth-order valence-corrected chi connectivity index (χ4v) is 3.11. The Labute approximate surface area is 131 Å². The quantitative estimate of drug-likeness (QED) is 0.700. The summed E-state index contributed by atoms with van der Waals surface area (Å²) in [5.41, 5.74) is 2.01. The van der Waals surface area contributed by atoms with Crippen LogP contribution in [0.3, 0.4) is 0 Å². The maximum atomic E-state index is 11.6. The van der Waals surface area contributed by atoms with E-state index >= 15 is 0 Å². The van der Waals surface area contributed by atoms with E-state index in [1.165, 1.54) is 0 Å². The fourth-order valence-electron chi connectivity index (χ4n) is 2.06. The lowest BCUT2D eigenvalue weighted by molar-refractivity contribution is -0.198. The van der Waals surface area contributed by atoms with E-state index in [9.17, 15) is 9.46 Å². The highest BCUT2D eigenvalue weighted by atomic mass is 31.2. The van der Waals surface area contributed by atoms with Crippen LogP contribution in [0.2, 0.25) is 0 Å². The summed E-state index contributed by atoms with van der Waals surface area (Å²) in [5.74, 6) is 0.735. The Balaban J connectivity index is 1.91. The fraction of sp³-hybridized carbons (Fsp3) is 0.294. The highest BCUT2D eigenvalue weighted by Crippen LogP contribution is 2.37. The van der Waals surface area contributed by atoms with E-state index < -0.39 is 7.60 Å². The van der Waals surface area contributed by atoms with Crippen LogP contribution >= 0.6 is 7.60 Å². The third-order valence-corrected chi connectivity index (χ3v) is 4.57. The molecule has 0 bridgehead atoms. The molecule has 0 N–H and O–H groups in total. The summed E-state index contributed by atoms with van der Waals surface area (Å²) in [6.07, 6.45) is 0.423. The minimum atomic E-state index is -3.73. The van der Waals surface area contributed by atoms with Gasteiger partial charge in [-0.15, -0.1) is 0 Å². The first kappa shape index (κ1) is 16.8. The molecule has 0 amide bonds. The number of hydrogen-bond acceptors (Lipinski definition) is 4. The largest absolute Gasteiger partial charge is 0.778 e. The van der Waals surface area contributed by atoms with Gasteiger partial charge < -0.3 is 18.7 Å². The molecule has 1 atom stereocenters. The molecule has 0 aromatic heterocycles. The van der Waals surface area contributed by atoms with E-state index in [-0.39, 0.29) is 12.8 Å². The molecule has 2 aromatic rings. The van der Waals surface area contributed by atoms with Crippen molar-refractivity contribution in [2.75, 3.05) is 12.8 Å². The Morgan fingerprint density at radius 2 is 1.77 bits per heavy atom. The van der Waals surface area contributed by atoms with Gasteiger partial charge >= 0.3 is 0 Å². The molecule has 5 heteroatoms. The van der Waals surface area contributed by atoms with Crippen molar-refractivity contribution < 1.29 is 18.7 Å². The van der Waals surface area contributed by atoms with Crippen molar-refractivity contribution in [3.8, 4) is 5.75 Å². The average molecular weight is 319 g/mol. The molecule has 4 nitrogen and oxygen atoms in total. The SMILES string of the molecule is CCOP(=O)([O-])CCc1cccc(OCc2ccccc2)c1. The predicted octanol–water partition coefficient (Wildman–Crippen LogP) is 3.40. The van der Waals surface area contributed by atoms with Crippen LogP contribution in [-0.2, 0) is 22.1 Å². The zero-order chi connectivity index (χ0) is 15.8. The van der Waals surface area contributed by atoms with Crippen LogP contribution in [0.15, 0.2) is 54.6 Å². The summed E-state index contributed by atoms with van der Waals surface area (Å²) in [5, 5.41) is 0. The highest BCUT2D eigenvalue weighted by Gasteiger charge is 2.08. The first-order valence-corrected chi connectivity index (χ1v) is 9.02. The van der Waals surface area contributed by atoms with Crippen molar-refractivity contribution in [1.82, 2.24) is 0 Å². The monoisotopic (exact) mass is 319 g/mol. The Kier molecular flexibility index (Phi) is 6.20.